The first-order valence-electron chi connectivity index (χ1n) is 7.08. The van der Waals surface area contributed by atoms with Crippen molar-refractivity contribution >= 4 is 23.2 Å². The minimum Gasteiger partial charge on any atom is -0.396 e. The predicted molar refractivity (Wildman–Crippen MR) is 80.1 cm³/mol. The van der Waals surface area contributed by atoms with Gasteiger partial charge in [-0.2, -0.15) is 0 Å². The summed E-state index contributed by atoms with van der Waals surface area (Å²) in [5, 5.41) is 10.3. The lowest BCUT2D eigenvalue weighted by Gasteiger charge is -2.36. The van der Waals surface area contributed by atoms with Crippen molar-refractivity contribution in [2.45, 2.75) is 13.0 Å². The molecule has 0 radical (unpaired) electrons. The monoisotopic (exact) mass is 333 g/mol. The second kappa shape index (κ2) is 6.01. The van der Waals surface area contributed by atoms with Crippen molar-refractivity contribution in [3.05, 3.63) is 33.6 Å². The summed E-state index contributed by atoms with van der Waals surface area (Å²) in [6, 6.07) is 2.84. The van der Waals surface area contributed by atoms with Gasteiger partial charge in [-0.05, 0) is 30.0 Å². The number of benzene rings is 1. The smallest absolute Gasteiger partial charge is 0.142 e. The number of ether oxygens (including phenoxy) is 1. The Kier molecular flexibility index (Phi) is 4.44. The molecule has 6 heteroatoms. The van der Waals surface area contributed by atoms with Gasteiger partial charge in [-0.3, -0.25) is 4.90 Å². The van der Waals surface area contributed by atoms with Crippen LogP contribution in [0.5, 0.6) is 0 Å². The largest absolute Gasteiger partial charge is 0.396 e. The Labute approximate surface area is 133 Å². The van der Waals surface area contributed by atoms with Gasteiger partial charge in [0.05, 0.1) is 18.2 Å². The first-order valence-corrected chi connectivity index (χ1v) is 7.84. The summed E-state index contributed by atoms with van der Waals surface area (Å²) in [4.78, 5) is 2.21. The van der Waals surface area contributed by atoms with Crippen LogP contribution in [0, 0.1) is 17.2 Å². The molecule has 21 heavy (non-hydrogen) atoms. The van der Waals surface area contributed by atoms with Crippen LogP contribution in [0.3, 0.4) is 0 Å². The van der Waals surface area contributed by atoms with Gasteiger partial charge >= 0.3 is 0 Å². The van der Waals surface area contributed by atoms with E-state index in [1.54, 1.807) is 0 Å². The number of rotatable bonds is 3. The number of hydrogen-bond acceptors (Lipinski definition) is 3. The van der Waals surface area contributed by atoms with E-state index in [-0.39, 0.29) is 17.0 Å². The summed E-state index contributed by atoms with van der Waals surface area (Å²) < 4.78 is 19.1. The number of hydrogen-bond donors (Lipinski definition) is 1. The molecule has 3 rings (SSSR count). The Hall–Kier alpha value is -0.390. The molecule has 2 aliphatic rings. The molecule has 0 aromatic heterocycles. The lowest BCUT2D eigenvalue weighted by molar-refractivity contribution is -0.0561. The van der Waals surface area contributed by atoms with E-state index in [1.807, 2.05) is 0 Å². The van der Waals surface area contributed by atoms with Crippen molar-refractivity contribution in [1.29, 1.82) is 0 Å². The zero-order valence-corrected chi connectivity index (χ0v) is 13.1. The maximum absolute atomic E-state index is 13.6. The molecular weight excluding hydrogens is 316 g/mol. The summed E-state index contributed by atoms with van der Waals surface area (Å²) >= 11 is 11.9. The Morgan fingerprint density at radius 1 is 1.38 bits per heavy atom. The van der Waals surface area contributed by atoms with Gasteiger partial charge in [0.15, 0.2) is 0 Å². The van der Waals surface area contributed by atoms with E-state index in [2.05, 4.69) is 4.90 Å². The van der Waals surface area contributed by atoms with Gasteiger partial charge in [0.1, 0.15) is 5.82 Å². The minimum absolute atomic E-state index is 0.0408. The van der Waals surface area contributed by atoms with E-state index in [0.29, 0.717) is 24.1 Å². The van der Waals surface area contributed by atoms with Crippen LogP contribution in [-0.2, 0) is 11.3 Å². The molecule has 2 fully saturated rings. The van der Waals surface area contributed by atoms with Crippen LogP contribution in [0.25, 0.3) is 0 Å². The number of aliphatic hydroxyl groups is 1. The molecule has 0 amide bonds. The SMILES string of the molecule is OC[C@]12COCC[C@H]1CN(Cc1cc(F)c(Cl)cc1Cl)C2. The van der Waals surface area contributed by atoms with Gasteiger partial charge in [0.25, 0.3) is 0 Å². The lowest BCUT2D eigenvalue weighted by atomic mass is 9.76. The molecule has 0 bridgehead atoms. The van der Waals surface area contributed by atoms with Crippen LogP contribution in [0.1, 0.15) is 12.0 Å². The van der Waals surface area contributed by atoms with E-state index in [4.69, 9.17) is 27.9 Å². The number of nitrogens with zero attached hydrogens (tertiary/aromatic N) is 1. The fourth-order valence-electron chi connectivity index (χ4n) is 3.48. The predicted octanol–water partition coefficient (Wildman–Crippen LogP) is 2.96. The summed E-state index contributed by atoms with van der Waals surface area (Å²) in [7, 11) is 0. The maximum atomic E-state index is 13.6. The van der Waals surface area contributed by atoms with Crippen LogP contribution in [0.15, 0.2) is 12.1 Å². The molecular formula is C15H18Cl2FNO2. The van der Waals surface area contributed by atoms with Crippen LogP contribution in [0.4, 0.5) is 4.39 Å². The standard InChI is InChI=1S/C15H18Cl2FNO2/c16-12-4-13(17)14(18)3-10(12)5-19-6-11-1-2-21-9-15(11,7-19)8-20/h3-4,11,20H,1-2,5-9H2/t11-,15+/m0/s1. The fraction of sp³-hybridized carbons (Fsp3) is 0.600. The third kappa shape index (κ3) is 2.92. The highest BCUT2D eigenvalue weighted by molar-refractivity contribution is 6.35. The molecule has 2 heterocycles. The van der Waals surface area contributed by atoms with Crippen LogP contribution >= 0.6 is 23.2 Å². The van der Waals surface area contributed by atoms with E-state index in [9.17, 15) is 9.50 Å². The van der Waals surface area contributed by atoms with Gasteiger partial charge in [0.2, 0.25) is 0 Å². The highest BCUT2D eigenvalue weighted by Gasteiger charge is 2.47. The lowest BCUT2D eigenvalue weighted by Crippen LogP contribution is -2.42. The Bertz CT molecular complexity index is 543. The Morgan fingerprint density at radius 2 is 2.19 bits per heavy atom. The molecule has 1 aromatic carbocycles. The first kappa shape index (κ1) is 15.5. The van der Waals surface area contributed by atoms with Gasteiger partial charge in [0, 0.05) is 36.7 Å². The minimum atomic E-state index is -0.451. The summed E-state index contributed by atoms with van der Waals surface area (Å²) in [5.41, 5.74) is 0.543. The molecule has 0 saturated carbocycles. The average molecular weight is 334 g/mol. The van der Waals surface area contributed by atoms with Gasteiger partial charge < -0.3 is 9.84 Å². The summed E-state index contributed by atoms with van der Waals surface area (Å²) in [6.07, 6.45) is 0.958. The Morgan fingerprint density at radius 3 is 2.90 bits per heavy atom. The molecule has 3 nitrogen and oxygen atoms in total. The molecule has 1 aromatic rings. The van der Waals surface area contributed by atoms with Crippen LogP contribution in [-0.4, -0.2) is 42.9 Å². The van der Waals surface area contributed by atoms with Crippen molar-refractivity contribution in [3.8, 4) is 0 Å². The average Bonchev–Trinajstić information content (AvgIpc) is 2.83. The second-order valence-electron chi connectivity index (χ2n) is 6.09. The number of fused-ring (bicyclic) bond motifs is 1. The molecule has 1 N–H and O–H groups in total. The second-order valence-corrected chi connectivity index (χ2v) is 6.90. The van der Waals surface area contributed by atoms with Gasteiger partial charge in [-0.25, -0.2) is 4.39 Å². The van der Waals surface area contributed by atoms with Crippen molar-refractivity contribution in [2.75, 3.05) is 32.9 Å². The van der Waals surface area contributed by atoms with Gasteiger partial charge in [-0.1, -0.05) is 23.2 Å². The Balaban J connectivity index is 1.76. The molecule has 2 saturated heterocycles. The maximum Gasteiger partial charge on any atom is 0.142 e. The number of aliphatic hydroxyl groups excluding tert-OH is 1. The highest BCUT2D eigenvalue weighted by atomic mass is 35.5. The normalized spacial score (nSPS) is 29.6. The third-order valence-corrected chi connectivity index (χ3v) is 5.32. The molecule has 0 spiro atoms. The number of likely N-dealkylation sites (tertiary alicyclic amines) is 1. The van der Waals surface area contributed by atoms with Crippen molar-refractivity contribution in [1.82, 2.24) is 4.90 Å². The topological polar surface area (TPSA) is 32.7 Å². The highest BCUT2D eigenvalue weighted by Crippen LogP contribution is 2.41. The molecule has 2 aliphatic heterocycles. The summed E-state index contributed by atoms with van der Waals surface area (Å²) in [5.74, 6) is -0.0277. The molecule has 116 valence electrons. The molecule has 2 atom stereocenters. The van der Waals surface area contributed by atoms with Crippen LogP contribution in [0.2, 0.25) is 10.0 Å². The van der Waals surface area contributed by atoms with E-state index in [0.717, 1.165) is 31.7 Å². The third-order valence-electron chi connectivity index (χ3n) is 4.68. The van der Waals surface area contributed by atoms with Crippen molar-refractivity contribution in [3.63, 3.8) is 0 Å². The fourth-order valence-corrected chi connectivity index (χ4v) is 3.92. The molecule has 0 aliphatic carbocycles. The van der Waals surface area contributed by atoms with E-state index < -0.39 is 5.82 Å². The van der Waals surface area contributed by atoms with E-state index in [1.165, 1.54) is 12.1 Å². The zero-order chi connectivity index (χ0) is 15.0. The first-order chi connectivity index (χ1) is 10.0. The number of halogens is 3. The van der Waals surface area contributed by atoms with Crippen molar-refractivity contribution < 1.29 is 14.2 Å². The summed E-state index contributed by atoms with van der Waals surface area (Å²) in [6.45, 7) is 3.64. The van der Waals surface area contributed by atoms with Crippen LogP contribution < -0.4 is 0 Å². The zero-order valence-electron chi connectivity index (χ0n) is 11.6. The quantitative estimate of drug-likeness (QED) is 0.863. The molecule has 0 unspecified atom stereocenters. The van der Waals surface area contributed by atoms with E-state index >= 15 is 0 Å². The van der Waals surface area contributed by atoms with Gasteiger partial charge in [-0.15, -0.1) is 0 Å². The van der Waals surface area contributed by atoms with Crippen molar-refractivity contribution in [2.24, 2.45) is 11.3 Å².